The number of nitrogens with one attached hydrogen (secondary N) is 1. The number of hydrogen-bond donors (Lipinski definition) is 1. The number of benzene rings is 1. The number of thioether (sulfide) groups is 1. The van der Waals surface area contributed by atoms with E-state index in [-0.39, 0.29) is 5.91 Å². The third-order valence-electron chi connectivity index (χ3n) is 2.08. The highest BCUT2D eigenvalue weighted by Crippen LogP contribution is 2.35. The number of aromatic nitrogens is 1. The molecule has 0 radical (unpaired) electrons. The predicted octanol–water partition coefficient (Wildman–Crippen LogP) is 3.14. The van der Waals surface area contributed by atoms with Crippen LogP contribution in [-0.4, -0.2) is 10.9 Å². The Hall–Kier alpha value is -1.58. The lowest BCUT2D eigenvalue weighted by Crippen LogP contribution is -2.06. The number of thiazole rings is 1. The van der Waals surface area contributed by atoms with Crippen molar-refractivity contribution in [1.82, 2.24) is 4.98 Å². The second kappa shape index (κ2) is 4.73. The summed E-state index contributed by atoms with van der Waals surface area (Å²) in [4.78, 5) is 16.3. The number of anilines is 1. The van der Waals surface area contributed by atoms with Crippen LogP contribution < -0.4 is 5.32 Å². The van der Waals surface area contributed by atoms with E-state index in [2.05, 4.69) is 15.7 Å². The quantitative estimate of drug-likeness (QED) is 0.667. The van der Waals surface area contributed by atoms with Gasteiger partial charge < -0.3 is 5.32 Å². The number of carbonyl (C=O) groups is 1. The van der Waals surface area contributed by atoms with Crippen LogP contribution >= 0.6 is 23.1 Å². The summed E-state index contributed by atoms with van der Waals surface area (Å²) < 4.78 is 0.945. The molecule has 0 aliphatic heterocycles. The Balaban J connectivity index is 2.62. The predicted molar refractivity (Wildman–Crippen MR) is 70.1 cm³/mol. The van der Waals surface area contributed by atoms with E-state index in [0.717, 1.165) is 31.9 Å². The summed E-state index contributed by atoms with van der Waals surface area (Å²) in [5.74, 6) is -0.127. The van der Waals surface area contributed by atoms with Crippen LogP contribution in [0.15, 0.2) is 17.0 Å². The van der Waals surface area contributed by atoms with Crippen molar-refractivity contribution < 1.29 is 4.79 Å². The number of rotatable bonds is 2. The van der Waals surface area contributed by atoms with E-state index in [1.54, 1.807) is 6.07 Å². The van der Waals surface area contributed by atoms with Crippen molar-refractivity contribution in [2.45, 2.75) is 18.7 Å². The highest BCUT2D eigenvalue weighted by molar-refractivity contribution is 8.04. The molecular formula is C11H9N3OS2. The average Bonchev–Trinajstić information content (AvgIpc) is 2.63. The standard InChI is InChI=1S/C11H9N3OS2/c1-6(15)13-8-3-4-9(16-5-12)11-10(8)14-7(2)17-11/h3-4H,1-2H3,(H,13,15). The van der Waals surface area contributed by atoms with Crippen molar-refractivity contribution in [3.05, 3.63) is 17.1 Å². The minimum Gasteiger partial charge on any atom is -0.324 e. The van der Waals surface area contributed by atoms with Crippen molar-refractivity contribution >= 4 is 44.9 Å². The van der Waals surface area contributed by atoms with Crippen molar-refractivity contribution in [1.29, 1.82) is 5.26 Å². The van der Waals surface area contributed by atoms with Crippen LogP contribution in [0.5, 0.6) is 0 Å². The fourth-order valence-corrected chi connectivity index (χ4v) is 3.04. The Labute approximate surface area is 107 Å². The zero-order chi connectivity index (χ0) is 12.4. The van der Waals surface area contributed by atoms with Gasteiger partial charge in [0, 0.05) is 11.8 Å². The number of nitrogens with zero attached hydrogens (tertiary/aromatic N) is 2. The van der Waals surface area contributed by atoms with E-state index in [9.17, 15) is 4.79 Å². The third kappa shape index (κ3) is 2.40. The minimum absolute atomic E-state index is 0.127. The molecule has 1 aromatic carbocycles. The van der Waals surface area contributed by atoms with Crippen LogP contribution in [0, 0.1) is 17.6 Å². The fourth-order valence-electron chi connectivity index (χ4n) is 1.51. The molecule has 0 saturated heterocycles. The molecule has 0 aliphatic carbocycles. The Morgan fingerprint density at radius 3 is 3.00 bits per heavy atom. The molecule has 0 saturated carbocycles. The second-order valence-corrected chi connectivity index (χ2v) is 5.43. The molecule has 86 valence electrons. The number of thiocyanates is 1. The second-order valence-electron chi connectivity index (χ2n) is 3.40. The molecule has 0 spiro atoms. The molecule has 0 atom stereocenters. The van der Waals surface area contributed by atoms with Crippen LogP contribution in [0.2, 0.25) is 0 Å². The molecule has 0 unspecified atom stereocenters. The lowest BCUT2D eigenvalue weighted by Gasteiger charge is -2.04. The topological polar surface area (TPSA) is 65.8 Å². The molecular weight excluding hydrogens is 254 g/mol. The zero-order valence-corrected chi connectivity index (χ0v) is 10.9. The minimum atomic E-state index is -0.127. The van der Waals surface area contributed by atoms with Gasteiger partial charge in [0.15, 0.2) is 0 Å². The molecule has 0 bridgehead atoms. The van der Waals surface area contributed by atoms with Crippen LogP contribution in [0.4, 0.5) is 5.69 Å². The van der Waals surface area contributed by atoms with Crippen LogP contribution in [0.3, 0.4) is 0 Å². The number of fused-ring (bicyclic) bond motifs is 1. The molecule has 0 aliphatic rings. The Kier molecular flexibility index (Phi) is 3.31. The maximum Gasteiger partial charge on any atom is 0.221 e. The first-order chi connectivity index (χ1) is 8.11. The van der Waals surface area contributed by atoms with E-state index < -0.39 is 0 Å². The van der Waals surface area contributed by atoms with E-state index >= 15 is 0 Å². The van der Waals surface area contributed by atoms with Gasteiger partial charge in [-0.15, -0.1) is 11.3 Å². The highest BCUT2D eigenvalue weighted by Gasteiger charge is 2.12. The number of aryl methyl sites for hydroxylation is 1. The molecule has 0 fully saturated rings. The molecule has 4 nitrogen and oxygen atoms in total. The maximum atomic E-state index is 11.1. The van der Waals surface area contributed by atoms with E-state index in [1.165, 1.54) is 18.3 Å². The first-order valence-electron chi connectivity index (χ1n) is 4.85. The molecule has 17 heavy (non-hydrogen) atoms. The van der Waals surface area contributed by atoms with Crippen LogP contribution in [-0.2, 0) is 4.79 Å². The number of amides is 1. The molecule has 6 heteroatoms. The van der Waals surface area contributed by atoms with Gasteiger partial charge in [-0.1, -0.05) is 0 Å². The molecule has 1 N–H and O–H groups in total. The summed E-state index contributed by atoms with van der Waals surface area (Å²) in [7, 11) is 0. The number of hydrogen-bond acceptors (Lipinski definition) is 5. The van der Waals surface area contributed by atoms with Gasteiger partial charge in [-0.2, -0.15) is 5.26 Å². The lowest BCUT2D eigenvalue weighted by atomic mass is 10.3. The number of carbonyl (C=O) groups excluding carboxylic acids is 1. The summed E-state index contributed by atoms with van der Waals surface area (Å²) in [5.41, 5.74) is 1.45. The monoisotopic (exact) mass is 263 g/mol. The van der Waals surface area contributed by atoms with Gasteiger partial charge >= 0.3 is 0 Å². The average molecular weight is 263 g/mol. The smallest absolute Gasteiger partial charge is 0.221 e. The van der Waals surface area contributed by atoms with Gasteiger partial charge in [-0.3, -0.25) is 4.79 Å². The fraction of sp³-hybridized carbons (Fsp3) is 0.182. The third-order valence-corrected chi connectivity index (χ3v) is 3.87. The SMILES string of the molecule is CC(=O)Nc1ccc(SC#N)c2sc(C)nc12. The van der Waals surface area contributed by atoms with Gasteiger partial charge in [0.1, 0.15) is 10.9 Å². The van der Waals surface area contributed by atoms with Crippen molar-refractivity contribution in [3.8, 4) is 5.40 Å². The van der Waals surface area contributed by atoms with Crippen LogP contribution in [0.25, 0.3) is 10.2 Å². The Morgan fingerprint density at radius 2 is 2.35 bits per heavy atom. The molecule has 2 aromatic rings. The van der Waals surface area contributed by atoms with Crippen molar-refractivity contribution in [3.63, 3.8) is 0 Å². The van der Waals surface area contributed by atoms with Gasteiger partial charge in [-0.05, 0) is 30.8 Å². The van der Waals surface area contributed by atoms with Crippen molar-refractivity contribution in [2.75, 3.05) is 5.32 Å². The van der Waals surface area contributed by atoms with E-state index in [4.69, 9.17) is 5.26 Å². The Morgan fingerprint density at radius 1 is 1.59 bits per heavy atom. The summed E-state index contributed by atoms with van der Waals surface area (Å²) in [6, 6.07) is 3.61. The zero-order valence-electron chi connectivity index (χ0n) is 9.27. The van der Waals surface area contributed by atoms with Gasteiger partial charge in [0.2, 0.25) is 5.91 Å². The van der Waals surface area contributed by atoms with E-state index in [0.29, 0.717) is 5.69 Å². The molecule has 1 heterocycles. The molecule has 1 amide bonds. The molecule has 1 aromatic heterocycles. The van der Waals surface area contributed by atoms with E-state index in [1.807, 2.05) is 13.0 Å². The lowest BCUT2D eigenvalue weighted by molar-refractivity contribution is -0.114. The first kappa shape index (κ1) is 11.9. The Bertz CT molecular complexity index is 627. The van der Waals surface area contributed by atoms with Gasteiger partial charge in [-0.25, -0.2) is 4.98 Å². The maximum absolute atomic E-state index is 11.1. The normalized spacial score (nSPS) is 10.2. The summed E-state index contributed by atoms with van der Waals surface area (Å²) in [6.45, 7) is 3.37. The van der Waals surface area contributed by atoms with Gasteiger partial charge in [0.05, 0.1) is 15.4 Å². The first-order valence-corrected chi connectivity index (χ1v) is 6.49. The number of nitriles is 1. The summed E-state index contributed by atoms with van der Waals surface area (Å²) in [6.07, 6.45) is 0. The summed E-state index contributed by atoms with van der Waals surface area (Å²) >= 11 is 2.63. The molecule has 2 rings (SSSR count). The summed E-state index contributed by atoms with van der Waals surface area (Å²) in [5, 5.41) is 14.4. The van der Waals surface area contributed by atoms with Gasteiger partial charge in [0.25, 0.3) is 0 Å². The van der Waals surface area contributed by atoms with Crippen LogP contribution in [0.1, 0.15) is 11.9 Å². The highest BCUT2D eigenvalue weighted by atomic mass is 32.2. The van der Waals surface area contributed by atoms with Crippen molar-refractivity contribution in [2.24, 2.45) is 0 Å². The largest absolute Gasteiger partial charge is 0.324 e.